The number of hydrogen-bond donors (Lipinski definition) is 2. The van der Waals surface area contributed by atoms with E-state index in [1.807, 2.05) is 0 Å². The molecule has 0 spiro atoms. The number of nitrogens with zero attached hydrogens (tertiary/aromatic N) is 1. The van der Waals surface area contributed by atoms with Crippen molar-refractivity contribution in [1.29, 1.82) is 0 Å². The normalized spacial score (nSPS) is 28.9. The summed E-state index contributed by atoms with van der Waals surface area (Å²) in [5.41, 5.74) is -0.102. The van der Waals surface area contributed by atoms with E-state index < -0.39 is 5.78 Å². The van der Waals surface area contributed by atoms with E-state index >= 15 is 0 Å². The molecule has 5 rings (SSSR count). The standard InChI is InChI=1S/C18H14ClN3O3/c1-2-4-11(23)21-17-7-18(8-17,9-17)22-14-12(19)16(25)13-10(15(14)24)5-3-6-20-13/h3,5-6,22H,7-9H2,1H3,(H,21,23). The number of fused-ring (bicyclic) bond motifs is 1. The maximum atomic E-state index is 12.7. The molecule has 4 aliphatic carbocycles. The largest absolute Gasteiger partial charge is 0.375 e. The van der Waals surface area contributed by atoms with E-state index in [9.17, 15) is 14.4 Å². The van der Waals surface area contributed by atoms with Crippen LogP contribution in [-0.2, 0) is 4.79 Å². The van der Waals surface area contributed by atoms with Crippen LogP contribution < -0.4 is 10.6 Å². The number of aromatic nitrogens is 1. The van der Waals surface area contributed by atoms with Gasteiger partial charge in [0.1, 0.15) is 16.4 Å². The Morgan fingerprint density at radius 1 is 1.24 bits per heavy atom. The minimum atomic E-state index is -0.452. The molecule has 7 heteroatoms. The number of rotatable bonds is 3. The van der Waals surface area contributed by atoms with Gasteiger partial charge in [0.2, 0.25) is 11.6 Å². The van der Waals surface area contributed by atoms with Gasteiger partial charge in [0.05, 0.1) is 5.56 Å². The maximum Gasteiger partial charge on any atom is 0.296 e. The molecule has 0 aliphatic heterocycles. The topological polar surface area (TPSA) is 88.2 Å². The Bertz CT molecular complexity index is 919. The number of hydrogen-bond acceptors (Lipinski definition) is 5. The first-order valence-electron chi connectivity index (χ1n) is 7.86. The van der Waals surface area contributed by atoms with Crippen molar-refractivity contribution in [3.8, 4) is 11.8 Å². The molecule has 1 aromatic rings. The third kappa shape index (κ3) is 2.27. The van der Waals surface area contributed by atoms with Crippen LogP contribution in [0.15, 0.2) is 29.1 Å². The fourth-order valence-electron chi connectivity index (χ4n) is 4.04. The Morgan fingerprint density at radius 2 is 1.96 bits per heavy atom. The summed E-state index contributed by atoms with van der Waals surface area (Å²) in [5.74, 6) is 3.96. The van der Waals surface area contributed by atoms with Crippen LogP contribution in [0, 0.1) is 11.8 Å². The molecule has 3 fully saturated rings. The van der Waals surface area contributed by atoms with E-state index in [2.05, 4.69) is 27.5 Å². The van der Waals surface area contributed by atoms with Gasteiger partial charge in [-0.05, 0) is 44.2 Å². The average Bonchev–Trinajstić information content (AvgIpc) is 2.53. The maximum absolute atomic E-state index is 12.7. The van der Waals surface area contributed by atoms with Crippen molar-refractivity contribution in [2.45, 2.75) is 37.3 Å². The van der Waals surface area contributed by atoms with Gasteiger partial charge in [-0.15, -0.1) is 0 Å². The molecule has 0 radical (unpaired) electrons. The van der Waals surface area contributed by atoms with Crippen molar-refractivity contribution >= 4 is 29.1 Å². The highest BCUT2D eigenvalue weighted by Gasteiger charge is 2.69. The van der Waals surface area contributed by atoms with Gasteiger partial charge in [-0.2, -0.15) is 0 Å². The lowest BCUT2D eigenvalue weighted by atomic mass is 9.44. The first-order valence-corrected chi connectivity index (χ1v) is 8.24. The second-order valence-corrected chi connectivity index (χ2v) is 7.17. The average molecular weight is 356 g/mol. The molecule has 6 nitrogen and oxygen atoms in total. The van der Waals surface area contributed by atoms with Gasteiger partial charge in [-0.3, -0.25) is 19.4 Å². The number of carbonyl (C=O) groups is 3. The van der Waals surface area contributed by atoms with Crippen LogP contribution >= 0.6 is 11.6 Å². The lowest BCUT2D eigenvalue weighted by molar-refractivity contribution is -0.134. The second-order valence-electron chi connectivity index (χ2n) is 6.79. The lowest BCUT2D eigenvalue weighted by Gasteiger charge is -2.70. The molecule has 126 valence electrons. The zero-order valence-corrected chi connectivity index (χ0v) is 14.2. The molecule has 0 aromatic carbocycles. The Balaban J connectivity index is 1.51. The minimum absolute atomic E-state index is 0.0857. The lowest BCUT2D eigenvalue weighted by Crippen LogP contribution is -2.83. The summed E-state index contributed by atoms with van der Waals surface area (Å²) in [5, 5.41) is 5.94. The zero-order chi connectivity index (χ0) is 17.8. The summed E-state index contributed by atoms with van der Waals surface area (Å²) in [4.78, 5) is 40.6. The van der Waals surface area contributed by atoms with Crippen LogP contribution in [0.5, 0.6) is 0 Å². The van der Waals surface area contributed by atoms with Crippen LogP contribution in [0.2, 0.25) is 0 Å². The van der Waals surface area contributed by atoms with Gasteiger partial charge in [0, 0.05) is 17.3 Å². The number of amides is 1. The van der Waals surface area contributed by atoms with Crippen molar-refractivity contribution in [2.75, 3.05) is 0 Å². The van der Waals surface area contributed by atoms with E-state index in [0.29, 0.717) is 19.3 Å². The number of carbonyl (C=O) groups excluding carboxylic acids is 3. The fraction of sp³-hybridized carbons (Fsp3) is 0.333. The molecule has 1 amide bonds. The molecular weight excluding hydrogens is 342 g/mol. The number of allylic oxidation sites excluding steroid dienone is 2. The van der Waals surface area contributed by atoms with Crippen molar-refractivity contribution < 1.29 is 14.4 Å². The molecule has 0 unspecified atom stereocenters. The highest BCUT2D eigenvalue weighted by molar-refractivity contribution is 6.49. The molecule has 4 aliphatic rings. The van der Waals surface area contributed by atoms with E-state index in [1.165, 1.54) is 6.20 Å². The molecule has 2 N–H and O–H groups in total. The van der Waals surface area contributed by atoms with Crippen LogP contribution in [0.3, 0.4) is 0 Å². The van der Waals surface area contributed by atoms with Crippen molar-refractivity contribution in [3.63, 3.8) is 0 Å². The molecule has 1 aromatic heterocycles. The summed E-state index contributed by atoms with van der Waals surface area (Å²) in [6.45, 7) is 1.61. The number of Topliss-reactive ketones (excluding diaryl/α,β-unsaturated/α-hetero) is 2. The molecule has 25 heavy (non-hydrogen) atoms. The monoisotopic (exact) mass is 355 g/mol. The highest BCUT2D eigenvalue weighted by atomic mass is 35.5. The third-order valence-electron chi connectivity index (χ3n) is 4.95. The van der Waals surface area contributed by atoms with Crippen molar-refractivity contribution in [2.24, 2.45) is 0 Å². The third-order valence-corrected chi connectivity index (χ3v) is 5.31. The number of pyridine rings is 1. The molecule has 0 atom stereocenters. The summed E-state index contributed by atoms with van der Waals surface area (Å²) in [6, 6.07) is 3.18. The predicted octanol–water partition coefficient (Wildman–Crippen LogP) is 1.32. The van der Waals surface area contributed by atoms with Crippen molar-refractivity contribution in [1.82, 2.24) is 15.6 Å². The van der Waals surface area contributed by atoms with Gasteiger partial charge in [0.15, 0.2) is 0 Å². The molecular formula is C18H14ClN3O3. The summed E-state index contributed by atoms with van der Waals surface area (Å²) >= 11 is 6.14. The first-order chi connectivity index (χ1) is 11.9. The number of nitrogens with one attached hydrogen (secondary N) is 2. The van der Waals surface area contributed by atoms with Crippen LogP contribution in [0.25, 0.3) is 0 Å². The fourth-order valence-corrected chi connectivity index (χ4v) is 4.26. The molecule has 2 bridgehead atoms. The second kappa shape index (κ2) is 5.17. The predicted molar refractivity (Wildman–Crippen MR) is 89.8 cm³/mol. The molecule has 0 saturated heterocycles. The van der Waals surface area contributed by atoms with Gasteiger partial charge < -0.3 is 10.6 Å². The van der Waals surface area contributed by atoms with E-state index in [1.54, 1.807) is 19.1 Å². The Kier molecular flexibility index (Phi) is 3.28. The van der Waals surface area contributed by atoms with E-state index in [0.717, 1.165) is 0 Å². The smallest absolute Gasteiger partial charge is 0.296 e. The highest BCUT2D eigenvalue weighted by Crippen LogP contribution is 2.61. The number of ketones is 2. The Morgan fingerprint density at radius 3 is 2.64 bits per heavy atom. The van der Waals surface area contributed by atoms with Crippen molar-refractivity contribution in [3.05, 3.63) is 40.3 Å². The summed E-state index contributed by atoms with van der Waals surface area (Å²) < 4.78 is 0. The SMILES string of the molecule is CC#CC(=O)NC12CC(NC3=C(Cl)C(=O)c4ncccc4C3=O)(C1)C2. The Labute approximate surface area is 149 Å². The van der Waals surface area contributed by atoms with Crippen LogP contribution in [0.1, 0.15) is 47.0 Å². The summed E-state index contributed by atoms with van der Waals surface area (Å²) in [6.07, 6.45) is 3.48. The van der Waals surface area contributed by atoms with Gasteiger partial charge in [-0.1, -0.05) is 17.5 Å². The van der Waals surface area contributed by atoms with E-state index in [-0.39, 0.29) is 44.8 Å². The first kappa shape index (κ1) is 15.9. The minimum Gasteiger partial charge on any atom is -0.375 e. The summed E-state index contributed by atoms with van der Waals surface area (Å²) in [7, 11) is 0. The zero-order valence-electron chi connectivity index (χ0n) is 13.4. The quantitative estimate of drug-likeness (QED) is 0.798. The van der Waals surface area contributed by atoms with E-state index in [4.69, 9.17) is 11.6 Å². The van der Waals surface area contributed by atoms with Gasteiger partial charge >= 0.3 is 0 Å². The Hall–Kier alpha value is -2.65. The molecule has 1 heterocycles. The van der Waals surface area contributed by atoms with Crippen LogP contribution in [-0.4, -0.2) is 33.5 Å². The number of halogens is 1. The van der Waals surface area contributed by atoms with Crippen LogP contribution in [0.4, 0.5) is 0 Å². The van der Waals surface area contributed by atoms with Gasteiger partial charge in [0.25, 0.3) is 5.91 Å². The molecule has 3 saturated carbocycles. The van der Waals surface area contributed by atoms with Gasteiger partial charge in [-0.25, -0.2) is 0 Å².